The van der Waals surface area contributed by atoms with Crippen molar-refractivity contribution in [2.24, 2.45) is 0 Å². The molecule has 1 aromatic heterocycles. The zero-order valence-corrected chi connectivity index (χ0v) is 11.9. The Bertz CT molecular complexity index is 754. The minimum atomic E-state index is 0.529. The van der Waals surface area contributed by atoms with Gasteiger partial charge in [-0.25, -0.2) is 9.97 Å². The Morgan fingerprint density at radius 2 is 1.76 bits per heavy atom. The van der Waals surface area contributed by atoms with Crippen LogP contribution in [0.2, 0.25) is 0 Å². The van der Waals surface area contributed by atoms with Crippen LogP contribution in [0.3, 0.4) is 0 Å². The fourth-order valence-electron chi connectivity index (χ4n) is 2.28. The summed E-state index contributed by atoms with van der Waals surface area (Å²) in [7, 11) is 0. The van der Waals surface area contributed by atoms with Crippen molar-refractivity contribution >= 4 is 16.7 Å². The first kappa shape index (κ1) is 13.4. The molecule has 0 saturated carbocycles. The molecule has 0 aliphatic rings. The second-order valence-corrected chi connectivity index (χ2v) is 4.80. The van der Waals surface area contributed by atoms with Crippen molar-refractivity contribution in [3.05, 3.63) is 59.9 Å². The first-order valence-corrected chi connectivity index (χ1v) is 6.99. The normalized spacial score (nSPS) is 10.7. The van der Waals surface area contributed by atoms with E-state index in [2.05, 4.69) is 9.97 Å². The minimum absolute atomic E-state index is 0.529. The van der Waals surface area contributed by atoms with Crippen molar-refractivity contribution in [1.29, 1.82) is 0 Å². The SMILES string of the molecule is CCOc1ccc(Cc2nc(N)c3ccccc3n2)cc1. The van der Waals surface area contributed by atoms with Crippen LogP contribution in [-0.4, -0.2) is 16.6 Å². The standard InChI is InChI=1S/C17H17N3O/c1-2-21-13-9-7-12(8-10-13)11-16-19-15-6-4-3-5-14(15)17(18)20-16/h3-10H,2,11H2,1H3,(H2,18,19,20). The molecule has 0 saturated heterocycles. The molecule has 0 aliphatic heterocycles. The molecule has 4 heteroatoms. The predicted molar refractivity (Wildman–Crippen MR) is 84.4 cm³/mol. The second kappa shape index (κ2) is 5.79. The van der Waals surface area contributed by atoms with Gasteiger partial charge in [-0.05, 0) is 36.8 Å². The van der Waals surface area contributed by atoms with Gasteiger partial charge in [-0.1, -0.05) is 24.3 Å². The molecule has 0 radical (unpaired) electrons. The Labute approximate surface area is 123 Å². The summed E-state index contributed by atoms with van der Waals surface area (Å²) >= 11 is 0. The van der Waals surface area contributed by atoms with Gasteiger partial charge in [-0.3, -0.25) is 0 Å². The maximum atomic E-state index is 6.00. The maximum Gasteiger partial charge on any atom is 0.135 e. The summed E-state index contributed by atoms with van der Waals surface area (Å²) in [5.41, 5.74) is 8.02. The summed E-state index contributed by atoms with van der Waals surface area (Å²) in [6, 6.07) is 15.8. The van der Waals surface area contributed by atoms with Crippen molar-refractivity contribution in [3.8, 4) is 5.75 Å². The lowest BCUT2D eigenvalue weighted by Crippen LogP contribution is -2.02. The van der Waals surface area contributed by atoms with E-state index in [1.54, 1.807) is 0 Å². The van der Waals surface area contributed by atoms with Crippen molar-refractivity contribution in [3.63, 3.8) is 0 Å². The molecule has 106 valence electrons. The third-order valence-electron chi connectivity index (χ3n) is 3.28. The van der Waals surface area contributed by atoms with E-state index in [1.165, 1.54) is 0 Å². The molecule has 2 aromatic carbocycles. The number of benzene rings is 2. The van der Waals surface area contributed by atoms with Gasteiger partial charge in [-0.15, -0.1) is 0 Å². The Hall–Kier alpha value is -2.62. The van der Waals surface area contributed by atoms with Crippen LogP contribution < -0.4 is 10.5 Å². The average Bonchev–Trinajstić information content (AvgIpc) is 2.50. The molecular formula is C17H17N3O. The van der Waals surface area contributed by atoms with E-state index in [1.807, 2.05) is 55.5 Å². The van der Waals surface area contributed by atoms with Gasteiger partial charge in [0.05, 0.1) is 12.1 Å². The summed E-state index contributed by atoms with van der Waals surface area (Å²) in [4.78, 5) is 8.96. The lowest BCUT2D eigenvalue weighted by Gasteiger charge is -2.07. The molecule has 4 nitrogen and oxygen atoms in total. The lowest BCUT2D eigenvalue weighted by molar-refractivity contribution is 0.340. The molecule has 0 unspecified atom stereocenters. The van der Waals surface area contributed by atoms with E-state index in [4.69, 9.17) is 10.5 Å². The molecule has 1 heterocycles. The summed E-state index contributed by atoms with van der Waals surface area (Å²) in [6.45, 7) is 2.64. The van der Waals surface area contributed by atoms with Gasteiger partial charge in [0, 0.05) is 11.8 Å². The second-order valence-electron chi connectivity index (χ2n) is 4.80. The number of ether oxygens (including phenoxy) is 1. The van der Waals surface area contributed by atoms with Crippen LogP contribution >= 0.6 is 0 Å². The molecule has 0 amide bonds. The van der Waals surface area contributed by atoms with Gasteiger partial charge < -0.3 is 10.5 Å². The number of anilines is 1. The molecule has 0 spiro atoms. The van der Waals surface area contributed by atoms with Crippen LogP contribution in [0.5, 0.6) is 5.75 Å². The fraction of sp³-hybridized carbons (Fsp3) is 0.176. The summed E-state index contributed by atoms with van der Waals surface area (Å²) in [5, 5.41) is 0.896. The Morgan fingerprint density at radius 3 is 2.52 bits per heavy atom. The van der Waals surface area contributed by atoms with Crippen LogP contribution in [0, 0.1) is 0 Å². The Kier molecular flexibility index (Phi) is 3.69. The summed E-state index contributed by atoms with van der Waals surface area (Å²) in [6.07, 6.45) is 0.654. The molecule has 3 aromatic rings. The zero-order chi connectivity index (χ0) is 14.7. The van der Waals surface area contributed by atoms with Crippen LogP contribution in [0.15, 0.2) is 48.5 Å². The number of nitrogen functional groups attached to an aromatic ring is 1. The Morgan fingerprint density at radius 1 is 1.00 bits per heavy atom. The number of aromatic nitrogens is 2. The largest absolute Gasteiger partial charge is 0.494 e. The zero-order valence-electron chi connectivity index (χ0n) is 11.9. The van der Waals surface area contributed by atoms with Crippen molar-refractivity contribution < 1.29 is 4.74 Å². The quantitative estimate of drug-likeness (QED) is 0.796. The van der Waals surface area contributed by atoms with E-state index in [-0.39, 0.29) is 0 Å². The lowest BCUT2D eigenvalue weighted by atomic mass is 10.1. The maximum absolute atomic E-state index is 6.00. The van der Waals surface area contributed by atoms with Gasteiger partial charge in [-0.2, -0.15) is 0 Å². The number of nitrogens with zero attached hydrogens (tertiary/aromatic N) is 2. The van der Waals surface area contributed by atoms with E-state index >= 15 is 0 Å². The van der Waals surface area contributed by atoms with Crippen LogP contribution in [0.1, 0.15) is 18.3 Å². The Balaban J connectivity index is 1.87. The third-order valence-corrected chi connectivity index (χ3v) is 3.28. The molecule has 0 fully saturated rings. The molecule has 21 heavy (non-hydrogen) atoms. The monoisotopic (exact) mass is 279 g/mol. The highest BCUT2D eigenvalue weighted by Crippen LogP contribution is 2.19. The van der Waals surface area contributed by atoms with Gasteiger partial charge in [0.15, 0.2) is 0 Å². The molecule has 0 aliphatic carbocycles. The highest BCUT2D eigenvalue weighted by atomic mass is 16.5. The number of rotatable bonds is 4. The van der Waals surface area contributed by atoms with E-state index in [0.717, 1.165) is 28.0 Å². The first-order valence-electron chi connectivity index (χ1n) is 6.99. The first-order chi connectivity index (χ1) is 10.3. The predicted octanol–water partition coefficient (Wildman–Crippen LogP) is 3.20. The number of nitrogens with two attached hydrogens (primary N) is 1. The minimum Gasteiger partial charge on any atom is -0.494 e. The number of hydrogen-bond donors (Lipinski definition) is 1. The summed E-state index contributed by atoms with van der Waals surface area (Å²) in [5.74, 6) is 2.14. The third kappa shape index (κ3) is 2.94. The van der Waals surface area contributed by atoms with E-state index in [0.29, 0.717) is 18.8 Å². The van der Waals surface area contributed by atoms with Gasteiger partial charge in [0.25, 0.3) is 0 Å². The highest BCUT2D eigenvalue weighted by molar-refractivity contribution is 5.87. The number of para-hydroxylation sites is 1. The van der Waals surface area contributed by atoms with Crippen molar-refractivity contribution in [2.45, 2.75) is 13.3 Å². The molecule has 0 bridgehead atoms. The van der Waals surface area contributed by atoms with Crippen LogP contribution in [0.25, 0.3) is 10.9 Å². The average molecular weight is 279 g/mol. The van der Waals surface area contributed by atoms with Gasteiger partial charge >= 0.3 is 0 Å². The topological polar surface area (TPSA) is 61.0 Å². The molecule has 0 atom stereocenters. The summed E-state index contributed by atoms with van der Waals surface area (Å²) < 4.78 is 5.44. The fourth-order valence-corrected chi connectivity index (χ4v) is 2.28. The molecule has 3 rings (SSSR count). The van der Waals surface area contributed by atoms with Crippen molar-refractivity contribution in [2.75, 3.05) is 12.3 Å². The van der Waals surface area contributed by atoms with Gasteiger partial charge in [0.1, 0.15) is 17.4 Å². The van der Waals surface area contributed by atoms with Gasteiger partial charge in [0.2, 0.25) is 0 Å². The number of hydrogen-bond acceptors (Lipinski definition) is 4. The number of fused-ring (bicyclic) bond motifs is 1. The highest BCUT2D eigenvalue weighted by Gasteiger charge is 2.05. The van der Waals surface area contributed by atoms with E-state index < -0.39 is 0 Å². The smallest absolute Gasteiger partial charge is 0.135 e. The molecular weight excluding hydrogens is 262 g/mol. The van der Waals surface area contributed by atoms with E-state index in [9.17, 15) is 0 Å². The molecule has 2 N–H and O–H groups in total. The van der Waals surface area contributed by atoms with Crippen LogP contribution in [0.4, 0.5) is 5.82 Å². The van der Waals surface area contributed by atoms with Crippen molar-refractivity contribution in [1.82, 2.24) is 9.97 Å². The van der Waals surface area contributed by atoms with Crippen LogP contribution in [-0.2, 0) is 6.42 Å².